The predicted octanol–water partition coefficient (Wildman–Crippen LogP) is 3.00. The fraction of sp³-hybridized carbons (Fsp3) is 0.133. The molecule has 2 aromatic carbocycles. The largest absolute Gasteiger partial charge is 0.490 e. The normalized spacial score (nSPS) is 10.9. The standard InChI is InChI=1S/C15H11F2NO4S/c1-2-21-15-5-10(9-18)3-4-14(15)22-23(19,20)13-7-11(16)6-12(17)8-13/h3-8H,2H2,1H3. The Morgan fingerprint density at radius 1 is 1.09 bits per heavy atom. The van der Waals surface area contributed by atoms with Crippen LogP contribution in [0.4, 0.5) is 8.78 Å². The van der Waals surface area contributed by atoms with Gasteiger partial charge < -0.3 is 8.92 Å². The van der Waals surface area contributed by atoms with Crippen LogP contribution in [0.1, 0.15) is 12.5 Å². The third kappa shape index (κ3) is 3.96. The Morgan fingerprint density at radius 3 is 2.30 bits per heavy atom. The molecule has 0 atom stereocenters. The van der Waals surface area contributed by atoms with Crippen molar-refractivity contribution in [3.05, 3.63) is 53.6 Å². The van der Waals surface area contributed by atoms with Crippen LogP contribution in [-0.4, -0.2) is 15.0 Å². The topological polar surface area (TPSA) is 76.4 Å². The highest BCUT2D eigenvalue weighted by Crippen LogP contribution is 2.31. The van der Waals surface area contributed by atoms with Gasteiger partial charge in [-0.15, -0.1) is 0 Å². The van der Waals surface area contributed by atoms with Gasteiger partial charge in [-0.3, -0.25) is 0 Å². The van der Waals surface area contributed by atoms with E-state index < -0.39 is 26.6 Å². The van der Waals surface area contributed by atoms with E-state index in [2.05, 4.69) is 0 Å². The molecule has 0 spiro atoms. The molecule has 0 saturated heterocycles. The number of hydrogen-bond acceptors (Lipinski definition) is 5. The monoisotopic (exact) mass is 339 g/mol. The van der Waals surface area contributed by atoms with Gasteiger partial charge in [0.05, 0.1) is 18.2 Å². The van der Waals surface area contributed by atoms with E-state index >= 15 is 0 Å². The molecule has 0 amide bonds. The zero-order valence-electron chi connectivity index (χ0n) is 11.9. The van der Waals surface area contributed by atoms with Gasteiger partial charge in [-0.25, -0.2) is 8.78 Å². The van der Waals surface area contributed by atoms with Gasteiger partial charge in [0.15, 0.2) is 11.5 Å². The predicted molar refractivity (Wildman–Crippen MR) is 76.5 cm³/mol. The van der Waals surface area contributed by atoms with Crippen LogP contribution < -0.4 is 8.92 Å². The summed E-state index contributed by atoms with van der Waals surface area (Å²) in [6.45, 7) is 1.87. The fourth-order valence-electron chi connectivity index (χ4n) is 1.75. The van der Waals surface area contributed by atoms with E-state index in [0.29, 0.717) is 18.2 Å². The van der Waals surface area contributed by atoms with Crippen molar-refractivity contribution < 1.29 is 26.1 Å². The van der Waals surface area contributed by atoms with Crippen LogP contribution in [0.5, 0.6) is 11.5 Å². The first-order chi connectivity index (χ1) is 10.9. The van der Waals surface area contributed by atoms with Gasteiger partial charge in [0.25, 0.3) is 0 Å². The molecule has 0 saturated carbocycles. The molecule has 2 aromatic rings. The number of hydrogen-bond donors (Lipinski definition) is 0. The summed E-state index contributed by atoms with van der Waals surface area (Å²) in [5, 5.41) is 8.84. The molecule has 0 aliphatic heterocycles. The van der Waals surface area contributed by atoms with Gasteiger partial charge >= 0.3 is 10.1 Å². The second-order valence-corrected chi connectivity index (χ2v) is 5.90. The maximum absolute atomic E-state index is 13.2. The summed E-state index contributed by atoms with van der Waals surface area (Å²) in [4.78, 5) is -0.665. The summed E-state index contributed by atoms with van der Waals surface area (Å²) < 4.78 is 60.7. The highest BCUT2D eigenvalue weighted by atomic mass is 32.2. The first-order valence-corrected chi connectivity index (χ1v) is 7.84. The van der Waals surface area contributed by atoms with Gasteiger partial charge in [-0.05, 0) is 31.2 Å². The molecule has 2 rings (SSSR count). The lowest BCUT2D eigenvalue weighted by Crippen LogP contribution is -2.11. The van der Waals surface area contributed by atoms with Crippen molar-refractivity contribution in [3.8, 4) is 17.6 Å². The maximum Gasteiger partial charge on any atom is 0.339 e. The molecule has 0 heterocycles. The molecule has 0 aliphatic carbocycles. The van der Waals surface area contributed by atoms with E-state index in [4.69, 9.17) is 14.2 Å². The maximum atomic E-state index is 13.2. The van der Waals surface area contributed by atoms with Crippen molar-refractivity contribution >= 4 is 10.1 Å². The summed E-state index contributed by atoms with van der Waals surface area (Å²) >= 11 is 0. The number of rotatable bonds is 5. The average Bonchev–Trinajstić information content (AvgIpc) is 2.48. The van der Waals surface area contributed by atoms with E-state index in [1.54, 1.807) is 6.92 Å². The average molecular weight is 339 g/mol. The second kappa shape index (κ2) is 6.62. The van der Waals surface area contributed by atoms with Gasteiger partial charge in [0.1, 0.15) is 16.5 Å². The van der Waals surface area contributed by atoms with E-state index in [9.17, 15) is 17.2 Å². The number of nitriles is 1. The van der Waals surface area contributed by atoms with Gasteiger partial charge in [-0.1, -0.05) is 0 Å². The second-order valence-electron chi connectivity index (χ2n) is 4.35. The smallest absolute Gasteiger partial charge is 0.339 e. The third-order valence-electron chi connectivity index (χ3n) is 2.70. The van der Waals surface area contributed by atoms with Crippen molar-refractivity contribution in [2.75, 3.05) is 6.61 Å². The summed E-state index contributed by atoms with van der Waals surface area (Å²) in [7, 11) is -4.46. The quantitative estimate of drug-likeness (QED) is 0.783. The van der Waals surface area contributed by atoms with Crippen molar-refractivity contribution in [2.45, 2.75) is 11.8 Å². The lowest BCUT2D eigenvalue weighted by Gasteiger charge is -2.12. The first kappa shape index (κ1) is 16.7. The van der Waals surface area contributed by atoms with Crippen LogP contribution in [-0.2, 0) is 10.1 Å². The Morgan fingerprint density at radius 2 is 1.74 bits per heavy atom. The lowest BCUT2D eigenvalue weighted by atomic mass is 10.2. The zero-order valence-corrected chi connectivity index (χ0v) is 12.7. The molecule has 0 aromatic heterocycles. The first-order valence-electron chi connectivity index (χ1n) is 6.43. The minimum Gasteiger partial charge on any atom is -0.490 e. The Balaban J connectivity index is 2.42. The minimum absolute atomic E-state index is 0.0343. The Kier molecular flexibility index (Phi) is 4.81. The van der Waals surface area contributed by atoms with Crippen LogP contribution in [0, 0.1) is 23.0 Å². The van der Waals surface area contributed by atoms with Crippen LogP contribution in [0.2, 0.25) is 0 Å². The van der Waals surface area contributed by atoms with Crippen molar-refractivity contribution in [2.24, 2.45) is 0 Å². The number of benzene rings is 2. The van der Waals surface area contributed by atoms with Crippen LogP contribution in [0.15, 0.2) is 41.3 Å². The Labute approximate surface area is 131 Å². The SMILES string of the molecule is CCOc1cc(C#N)ccc1OS(=O)(=O)c1cc(F)cc(F)c1. The fourth-order valence-corrected chi connectivity index (χ4v) is 2.74. The molecule has 0 radical (unpaired) electrons. The molecule has 0 fully saturated rings. The molecule has 5 nitrogen and oxygen atoms in total. The summed E-state index contributed by atoms with van der Waals surface area (Å²) in [6, 6.07) is 7.58. The van der Waals surface area contributed by atoms with Gasteiger partial charge in [0.2, 0.25) is 0 Å². The molecular formula is C15H11F2NO4S. The van der Waals surface area contributed by atoms with E-state index in [1.165, 1.54) is 18.2 Å². The van der Waals surface area contributed by atoms with E-state index in [1.807, 2.05) is 6.07 Å². The molecule has 120 valence electrons. The van der Waals surface area contributed by atoms with Crippen molar-refractivity contribution in [3.63, 3.8) is 0 Å². The van der Waals surface area contributed by atoms with Crippen molar-refractivity contribution in [1.29, 1.82) is 5.26 Å². The third-order valence-corrected chi connectivity index (χ3v) is 3.91. The minimum atomic E-state index is -4.46. The van der Waals surface area contributed by atoms with Crippen LogP contribution >= 0.6 is 0 Å². The summed E-state index contributed by atoms with van der Waals surface area (Å²) in [5.41, 5.74) is 0.245. The zero-order chi connectivity index (χ0) is 17.0. The van der Waals surface area contributed by atoms with Crippen LogP contribution in [0.3, 0.4) is 0 Å². The molecule has 8 heteroatoms. The highest BCUT2D eigenvalue weighted by molar-refractivity contribution is 7.87. The van der Waals surface area contributed by atoms with Gasteiger partial charge in [-0.2, -0.15) is 13.7 Å². The number of halogens is 2. The molecule has 0 aliphatic rings. The van der Waals surface area contributed by atoms with Gasteiger partial charge in [0, 0.05) is 12.1 Å². The number of ether oxygens (including phenoxy) is 1. The number of nitrogens with zero attached hydrogens (tertiary/aromatic N) is 1. The Bertz CT molecular complexity index is 855. The van der Waals surface area contributed by atoms with E-state index in [-0.39, 0.29) is 23.7 Å². The highest BCUT2D eigenvalue weighted by Gasteiger charge is 2.21. The molecule has 0 N–H and O–H groups in total. The van der Waals surface area contributed by atoms with Crippen LogP contribution in [0.25, 0.3) is 0 Å². The lowest BCUT2D eigenvalue weighted by molar-refractivity contribution is 0.327. The Hall–Kier alpha value is -2.66. The summed E-state index contributed by atoms with van der Waals surface area (Å²) in [5.74, 6) is -2.24. The van der Waals surface area contributed by atoms with E-state index in [0.717, 1.165) is 0 Å². The molecular weight excluding hydrogens is 328 g/mol. The van der Waals surface area contributed by atoms with Crippen molar-refractivity contribution in [1.82, 2.24) is 0 Å². The molecule has 0 unspecified atom stereocenters. The molecule has 0 bridgehead atoms. The molecule has 23 heavy (non-hydrogen) atoms. The summed E-state index contributed by atoms with van der Waals surface area (Å²) in [6.07, 6.45) is 0.